The molecule has 0 aliphatic heterocycles. The average Bonchev–Trinajstić information content (AvgIpc) is 2.49. The van der Waals surface area contributed by atoms with Crippen LogP contribution in [0.5, 0.6) is 0 Å². The van der Waals surface area contributed by atoms with Crippen molar-refractivity contribution in [1.29, 1.82) is 0 Å². The number of esters is 2. The minimum absolute atomic E-state index is 0.121. The van der Waals surface area contributed by atoms with Crippen molar-refractivity contribution in [2.45, 2.75) is 84.5 Å². The molecular weight excluding hydrogens is 268 g/mol. The molecule has 0 rings (SSSR count). The van der Waals surface area contributed by atoms with Gasteiger partial charge in [-0.1, -0.05) is 58.8 Å². The first-order chi connectivity index (χ1) is 10.2. The summed E-state index contributed by atoms with van der Waals surface area (Å²) in [6.07, 6.45) is 10.8. The third-order valence-electron chi connectivity index (χ3n) is 3.26. The van der Waals surface area contributed by atoms with Crippen LogP contribution in [0, 0.1) is 0 Å². The number of hydrogen-bond acceptors (Lipinski definition) is 4. The lowest BCUT2D eigenvalue weighted by molar-refractivity contribution is -0.150. The van der Waals surface area contributed by atoms with Crippen LogP contribution in [0.1, 0.15) is 84.5 Å². The van der Waals surface area contributed by atoms with Gasteiger partial charge in [0.2, 0.25) is 0 Å². The van der Waals surface area contributed by atoms with E-state index in [1.165, 1.54) is 38.5 Å². The van der Waals surface area contributed by atoms with Gasteiger partial charge in [0, 0.05) is 0 Å². The fraction of sp³-hybridized carbons (Fsp3) is 0.882. The highest BCUT2D eigenvalue weighted by Crippen LogP contribution is 2.08. The van der Waals surface area contributed by atoms with E-state index in [2.05, 4.69) is 6.92 Å². The van der Waals surface area contributed by atoms with E-state index in [9.17, 15) is 9.59 Å². The van der Waals surface area contributed by atoms with E-state index in [0.29, 0.717) is 13.2 Å². The molecule has 0 fully saturated rings. The van der Waals surface area contributed by atoms with E-state index < -0.39 is 0 Å². The molecule has 0 saturated heterocycles. The molecule has 0 bridgehead atoms. The molecule has 0 amide bonds. The monoisotopic (exact) mass is 300 g/mol. The zero-order valence-electron chi connectivity index (χ0n) is 13.8. The maximum atomic E-state index is 11.4. The lowest BCUT2D eigenvalue weighted by Crippen LogP contribution is -2.11. The predicted octanol–water partition coefficient (Wildman–Crippen LogP) is 4.40. The standard InChI is InChI=1S/C17H32O4/c1-3-5-6-7-8-9-10-11-15-21-17(19)13-12-16(18)20-14-4-2/h3-15H2,1-2H3. The van der Waals surface area contributed by atoms with Crippen LogP contribution in [0.15, 0.2) is 0 Å². The van der Waals surface area contributed by atoms with Crippen molar-refractivity contribution in [3.8, 4) is 0 Å². The first-order valence-corrected chi connectivity index (χ1v) is 8.52. The molecule has 4 heteroatoms. The van der Waals surface area contributed by atoms with Crippen LogP contribution in [0.25, 0.3) is 0 Å². The van der Waals surface area contributed by atoms with Gasteiger partial charge in [-0.05, 0) is 12.8 Å². The molecule has 0 aromatic carbocycles. The molecule has 0 aliphatic carbocycles. The summed E-state index contributed by atoms with van der Waals surface area (Å²) in [5.74, 6) is -0.618. The van der Waals surface area contributed by atoms with Gasteiger partial charge in [0.15, 0.2) is 0 Å². The largest absolute Gasteiger partial charge is 0.466 e. The molecule has 21 heavy (non-hydrogen) atoms. The molecule has 0 spiro atoms. The maximum absolute atomic E-state index is 11.4. The summed E-state index contributed by atoms with van der Waals surface area (Å²) < 4.78 is 9.99. The molecule has 0 aromatic rings. The van der Waals surface area contributed by atoms with Gasteiger partial charge >= 0.3 is 11.9 Å². The number of hydrogen-bond donors (Lipinski definition) is 0. The second kappa shape index (κ2) is 15.3. The summed E-state index contributed by atoms with van der Waals surface area (Å²) in [7, 11) is 0. The number of carbonyl (C=O) groups is 2. The normalized spacial score (nSPS) is 10.4. The Morgan fingerprint density at radius 2 is 1.10 bits per heavy atom. The number of rotatable bonds is 14. The first kappa shape index (κ1) is 19.9. The Hall–Kier alpha value is -1.06. The highest BCUT2D eigenvalue weighted by molar-refractivity contribution is 5.77. The van der Waals surface area contributed by atoms with E-state index >= 15 is 0 Å². The SMILES string of the molecule is CCCCCCCCCCOC(=O)CCC(=O)OCCC. The second-order valence-electron chi connectivity index (χ2n) is 5.42. The van der Waals surface area contributed by atoms with Crippen LogP contribution in [0.3, 0.4) is 0 Å². The van der Waals surface area contributed by atoms with Crippen molar-refractivity contribution in [2.75, 3.05) is 13.2 Å². The van der Waals surface area contributed by atoms with Gasteiger partial charge in [-0.2, -0.15) is 0 Å². The highest BCUT2D eigenvalue weighted by atomic mass is 16.5. The molecule has 0 atom stereocenters. The zero-order chi connectivity index (χ0) is 15.8. The predicted molar refractivity (Wildman–Crippen MR) is 84.1 cm³/mol. The van der Waals surface area contributed by atoms with Crippen molar-refractivity contribution in [1.82, 2.24) is 0 Å². The molecule has 0 radical (unpaired) electrons. The van der Waals surface area contributed by atoms with Crippen LogP contribution < -0.4 is 0 Å². The minimum atomic E-state index is -0.319. The number of unbranched alkanes of at least 4 members (excludes halogenated alkanes) is 7. The molecule has 0 saturated carbocycles. The van der Waals surface area contributed by atoms with Crippen LogP contribution >= 0.6 is 0 Å². The summed E-state index contributed by atoms with van der Waals surface area (Å²) in [5.41, 5.74) is 0. The third-order valence-corrected chi connectivity index (χ3v) is 3.26. The summed E-state index contributed by atoms with van der Waals surface area (Å²) in [5, 5.41) is 0. The molecule has 0 unspecified atom stereocenters. The molecular formula is C17H32O4. The van der Waals surface area contributed by atoms with Gasteiger partial charge in [-0.25, -0.2) is 0 Å². The Labute approximate surface area is 129 Å². The zero-order valence-corrected chi connectivity index (χ0v) is 13.8. The van der Waals surface area contributed by atoms with Crippen LogP contribution in [-0.2, 0) is 19.1 Å². The minimum Gasteiger partial charge on any atom is -0.466 e. The topological polar surface area (TPSA) is 52.6 Å². The third kappa shape index (κ3) is 15.2. The lowest BCUT2D eigenvalue weighted by atomic mass is 10.1. The van der Waals surface area contributed by atoms with E-state index in [1.807, 2.05) is 6.92 Å². The lowest BCUT2D eigenvalue weighted by Gasteiger charge is -2.05. The Balaban J connectivity index is 3.28. The van der Waals surface area contributed by atoms with Crippen molar-refractivity contribution in [2.24, 2.45) is 0 Å². The van der Waals surface area contributed by atoms with Crippen LogP contribution in [0.2, 0.25) is 0 Å². The van der Waals surface area contributed by atoms with E-state index in [4.69, 9.17) is 9.47 Å². The molecule has 4 nitrogen and oxygen atoms in total. The average molecular weight is 300 g/mol. The van der Waals surface area contributed by atoms with Crippen molar-refractivity contribution >= 4 is 11.9 Å². The Morgan fingerprint density at radius 3 is 1.62 bits per heavy atom. The van der Waals surface area contributed by atoms with E-state index in [1.54, 1.807) is 0 Å². The second-order valence-corrected chi connectivity index (χ2v) is 5.42. The number of ether oxygens (including phenoxy) is 2. The summed E-state index contributed by atoms with van der Waals surface area (Å²) in [6, 6.07) is 0. The first-order valence-electron chi connectivity index (χ1n) is 8.52. The maximum Gasteiger partial charge on any atom is 0.306 e. The molecule has 124 valence electrons. The molecule has 0 heterocycles. The Bertz CT molecular complexity index is 264. The van der Waals surface area contributed by atoms with Gasteiger partial charge in [0.1, 0.15) is 0 Å². The highest BCUT2D eigenvalue weighted by Gasteiger charge is 2.08. The summed E-state index contributed by atoms with van der Waals surface area (Å²) in [6.45, 7) is 5.05. The van der Waals surface area contributed by atoms with Crippen molar-refractivity contribution < 1.29 is 19.1 Å². The number of carbonyl (C=O) groups excluding carboxylic acids is 2. The Kier molecular flexibility index (Phi) is 14.6. The molecule has 0 N–H and O–H groups in total. The van der Waals surface area contributed by atoms with Gasteiger partial charge in [0.25, 0.3) is 0 Å². The fourth-order valence-corrected chi connectivity index (χ4v) is 1.99. The fourth-order valence-electron chi connectivity index (χ4n) is 1.99. The summed E-state index contributed by atoms with van der Waals surface area (Å²) >= 11 is 0. The quantitative estimate of drug-likeness (QED) is 0.352. The molecule has 0 aliphatic rings. The molecule has 0 aromatic heterocycles. The smallest absolute Gasteiger partial charge is 0.306 e. The van der Waals surface area contributed by atoms with Gasteiger partial charge in [-0.15, -0.1) is 0 Å². The Morgan fingerprint density at radius 1 is 0.619 bits per heavy atom. The van der Waals surface area contributed by atoms with Crippen molar-refractivity contribution in [3.05, 3.63) is 0 Å². The van der Waals surface area contributed by atoms with E-state index in [0.717, 1.165) is 19.3 Å². The van der Waals surface area contributed by atoms with Crippen LogP contribution in [0.4, 0.5) is 0 Å². The summed E-state index contributed by atoms with van der Waals surface area (Å²) in [4.78, 5) is 22.6. The van der Waals surface area contributed by atoms with Gasteiger partial charge in [-0.3, -0.25) is 9.59 Å². The van der Waals surface area contributed by atoms with Gasteiger partial charge < -0.3 is 9.47 Å². The van der Waals surface area contributed by atoms with Gasteiger partial charge in [0.05, 0.1) is 26.1 Å². The van der Waals surface area contributed by atoms with Crippen LogP contribution in [-0.4, -0.2) is 25.2 Å². The van der Waals surface area contributed by atoms with E-state index in [-0.39, 0.29) is 24.8 Å². The van der Waals surface area contributed by atoms with Crippen molar-refractivity contribution in [3.63, 3.8) is 0 Å².